The summed E-state index contributed by atoms with van der Waals surface area (Å²) in [5, 5.41) is 8.79. The van der Waals surface area contributed by atoms with E-state index >= 15 is 0 Å². The van der Waals surface area contributed by atoms with Crippen LogP contribution in [0.3, 0.4) is 0 Å². The highest BCUT2D eigenvalue weighted by atomic mass is 19.3. The molecule has 1 aromatic heterocycles. The Hall–Kier alpha value is -2.23. The van der Waals surface area contributed by atoms with Crippen LogP contribution in [0.2, 0.25) is 0 Å². The maximum Gasteiger partial charge on any atom is 0.310 e. The van der Waals surface area contributed by atoms with Gasteiger partial charge in [0.2, 0.25) is 0 Å². The van der Waals surface area contributed by atoms with Crippen molar-refractivity contribution in [3.8, 4) is 6.07 Å². The van der Waals surface area contributed by atoms with Crippen molar-refractivity contribution in [3.63, 3.8) is 0 Å². The van der Waals surface area contributed by atoms with E-state index in [0.29, 0.717) is 0 Å². The molecule has 0 radical (unpaired) electrons. The van der Waals surface area contributed by atoms with Crippen LogP contribution < -0.4 is 5.56 Å². The van der Waals surface area contributed by atoms with Crippen LogP contribution in [0.4, 0.5) is 8.78 Å². The SMILES string of the molecule is CCOC(=O)Cc1c(C#N)cc(C(F)F)[nH]c1=O. The molecule has 1 heterocycles. The van der Waals surface area contributed by atoms with E-state index in [1.807, 2.05) is 4.98 Å². The number of aromatic nitrogens is 1. The number of alkyl halides is 2. The first-order chi connectivity index (χ1) is 8.49. The van der Waals surface area contributed by atoms with Crippen molar-refractivity contribution in [2.45, 2.75) is 19.8 Å². The number of esters is 1. The van der Waals surface area contributed by atoms with Crippen LogP contribution in [0.5, 0.6) is 0 Å². The maximum absolute atomic E-state index is 12.4. The minimum absolute atomic E-state index is 0.133. The second-order valence-electron chi connectivity index (χ2n) is 3.34. The smallest absolute Gasteiger partial charge is 0.310 e. The summed E-state index contributed by atoms with van der Waals surface area (Å²) in [7, 11) is 0. The fourth-order valence-electron chi connectivity index (χ4n) is 1.36. The van der Waals surface area contributed by atoms with Crippen molar-refractivity contribution < 1.29 is 18.3 Å². The molecule has 0 spiro atoms. The number of halogens is 2. The number of nitrogens with zero attached hydrogens (tertiary/aromatic N) is 1. The van der Waals surface area contributed by atoms with Gasteiger partial charge in [0.25, 0.3) is 12.0 Å². The summed E-state index contributed by atoms with van der Waals surface area (Å²) in [5.41, 5.74) is -1.94. The van der Waals surface area contributed by atoms with Gasteiger partial charge in [0, 0.05) is 5.56 Å². The number of rotatable bonds is 4. The van der Waals surface area contributed by atoms with Crippen LogP contribution in [0, 0.1) is 11.3 Å². The van der Waals surface area contributed by atoms with Crippen LogP contribution in [0.15, 0.2) is 10.9 Å². The van der Waals surface area contributed by atoms with E-state index in [0.717, 1.165) is 6.07 Å². The normalized spacial score (nSPS) is 10.2. The van der Waals surface area contributed by atoms with Gasteiger partial charge in [0.05, 0.1) is 30.4 Å². The third-order valence-electron chi connectivity index (χ3n) is 2.14. The van der Waals surface area contributed by atoms with E-state index in [1.54, 1.807) is 13.0 Å². The number of carbonyl (C=O) groups excluding carboxylic acids is 1. The van der Waals surface area contributed by atoms with Crippen molar-refractivity contribution in [2.24, 2.45) is 0 Å². The van der Waals surface area contributed by atoms with Crippen molar-refractivity contribution >= 4 is 5.97 Å². The van der Waals surface area contributed by atoms with E-state index in [4.69, 9.17) is 5.26 Å². The Bertz CT molecular complexity index is 546. The Morgan fingerprint density at radius 2 is 2.28 bits per heavy atom. The van der Waals surface area contributed by atoms with Gasteiger partial charge in [-0.25, -0.2) is 8.78 Å². The summed E-state index contributed by atoms with van der Waals surface area (Å²) in [6.07, 6.45) is -3.31. The number of hydrogen-bond donors (Lipinski definition) is 1. The maximum atomic E-state index is 12.4. The molecular formula is C11H10F2N2O3. The van der Waals surface area contributed by atoms with E-state index in [1.165, 1.54) is 0 Å². The largest absolute Gasteiger partial charge is 0.466 e. The first-order valence-electron chi connectivity index (χ1n) is 5.09. The van der Waals surface area contributed by atoms with E-state index in [2.05, 4.69) is 4.74 Å². The first-order valence-corrected chi connectivity index (χ1v) is 5.09. The lowest BCUT2D eigenvalue weighted by Gasteiger charge is -2.05. The lowest BCUT2D eigenvalue weighted by atomic mass is 10.1. The fraction of sp³-hybridized carbons (Fsp3) is 0.364. The molecule has 0 saturated carbocycles. The Morgan fingerprint density at radius 3 is 2.78 bits per heavy atom. The highest BCUT2D eigenvalue weighted by molar-refractivity contribution is 5.73. The number of nitrogens with one attached hydrogen (secondary N) is 1. The van der Waals surface area contributed by atoms with Gasteiger partial charge in [0.15, 0.2) is 0 Å². The topological polar surface area (TPSA) is 82.9 Å². The molecule has 1 rings (SSSR count). The molecule has 0 aliphatic carbocycles. The molecule has 0 aliphatic heterocycles. The molecule has 18 heavy (non-hydrogen) atoms. The molecule has 0 saturated heterocycles. The zero-order valence-corrected chi connectivity index (χ0v) is 9.50. The van der Waals surface area contributed by atoms with Crippen LogP contribution in [-0.2, 0) is 16.0 Å². The molecule has 7 heteroatoms. The number of aromatic amines is 1. The van der Waals surface area contributed by atoms with Crippen molar-refractivity contribution in [1.82, 2.24) is 4.98 Å². The second kappa shape index (κ2) is 5.91. The summed E-state index contributed by atoms with van der Waals surface area (Å²) >= 11 is 0. The molecule has 0 unspecified atom stereocenters. The third-order valence-corrected chi connectivity index (χ3v) is 2.14. The molecule has 96 valence electrons. The third kappa shape index (κ3) is 3.13. The van der Waals surface area contributed by atoms with Gasteiger partial charge in [0.1, 0.15) is 0 Å². The standard InChI is InChI=1S/C11H10F2N2O3/c1-2-18-9(16)4-7-6(5-14)3-8(10(12)13)15-11(7)17/h3,10H,2,4H2,1H3,(H,15,17). The number of H-pyrrole nitrogens is 1. The zero-order valence-electron chi connectivity index (χ0n) is 9.50. The highest BCUT2D eigenvalue weighted by Crippen LogP contribution is 2.17. The Labute approximate surface area is 101 Å². The van der Waals surface area contributed by atoms with E-state index in [-0.39, 0.29) is 17.7 Å². The Morgan fingerprint density at radius 1 is 1.61 bits per heavy atom. The molecule has 0 atom stereocenters. The Kier molecular flexibility index (Phi) is 4.54. The summed E-state index contributed by atoms with van der Waals surface area (Å²) in [5.74, 6) is -0.690. The van der Waals surface area contributed by atoms with E-state index in [9.17, 15) is 18.4 Å². The van der Waals surface area contributed by atoms with Gasteiger partial charge in [-0.1, -0.05) is 0 Å². The van der Waals surface area contributed by atoms with Gasteiger partial charge in [-0.05, 0) is 13.0 Å². The zero-order chi connectivity index (χ0) is 13.7. The second-order valence-corrected chi connectivity index (χ2v) is 3.34. The molecule has 1 N–H and O–H groups in total. The van der Waals surface area contributed by atoms with Crippen molar-refractivity contribution in [3.05, 3.63) is 33.2 Å². The van der Waals surface area contributed by atoms with Gasteiger partial charge in [-0.3, -0.25) is 9.59 Å². The average Bonchev–Trinajstić information content (AvgIpc) is 2.31. The van der Waals surface area contributed by atoms with Crippen LogP contribution >= 0.6 is 0 Å². The number of hydrogen-bond acceptors (Lipinski definition) is 4. The fourth-order valence-corrected chi connectivity index (χ4v) is 1.36. The number of carbonyl (C=O) groups is 1. The monoisotopic (exact) mass is 256 g/mol. The first kappa shape index (κ1) is 13.8. The quantitative estimate of drug-likeness (QED) is 0.823. The van der Waals surface area contributed by atoms with Crippen LogP contribution in [0.25, 0.3) is 0 Å². The molecule has 0 amide bonds. The summed E-state index contributed by atoms with van der Waals surface area (Å²) in [6, 6.07) is 2.48. The molecule has 5 nitrogen and oxygen atoms in total. The molecule has 0 aliphatic rings. The van der Waals surface area contributed by atoms with E-state index < -0.39 is 30.1 Å². The van der Waals surface area contributed by atoms with Gasteiger partial charge >= 0.3 is 5.97 Å². The molecule has 1 aromatic rings. The minimum Gasteiger partial charge on any atom is -0.466 e. The summed E-state index contributed by atoms with van der Waals surface area (Å²) in [6.45, 7) is 1.72. The number of ether oxygens (including phenoxy) is 1. The number of pyridine rings is 1. The molecule has 0 fully saturated rings. The van der Waals surface area contributed by atoms with Gasteiger partial charge in [-0.15, -0.1) is 0 Å². The van der Waals surface area contributed by atoms with Crippen molar-refractivity contribution in [2.75, 3.05) is 6.61 Å². The van der Waals surface area contributed by atoms with Crippen LogP contribution in [-0.4, -0.2) is 17.6 Å². The molecule has 0 bridgehead atoms. The lowest BCUT2D eigenvalue weighted by molar-refractivity contribution is -0.142. The summed E-state index contributed by atoms with van der Waals surface area (Å²) < 4.78 is 29.4. The summed E-state index contributed by atoms with van der Waals surface area (Å²) in [4.78, 5) is 24.7. The van der Waals surface area contributed by atoms with Crippen LogP contribution in [0.1, 0.15) is 30.2 Å². The Balaban J connectivity index is 3.17. The lowest BCUT2D eigenvalue weighted by Crippen LogP contribution is -2.21. The highest BCUT2D eigenvalue weighted by Gasteiger charge is 2.17. The molecular weight excluding hydrogens is 246 g/mol. The predicted octanol–water partition coefficient (Wildman–Crippen LogP) is 1.29. The van der Waals surface area contributed by atoms with Gasteiger partial charge < -0.3 is 9.72 Å². The number of nitriles is 1. The average molecular weight is 256 g/mol. The minimum atomic E-state index is -2.89. The predicted molar refractivity (Wildman–Crippen MR) is 57.1 cm³/mol. The molecule has 0 aromatic carbocycles. The van der Waals surface area contributed by atoms with Gasteiger partial charge in [-0.2, -0.15) is 5.26 Å². The van der Waals surface area contributed by atoms with Crippen molar-refractivity contribution in [1.29, 1.82) is 5.26 Å².